The minimum atomic E-state index is -1.08. The van der Waals surface area contributed by atoms with Gasteiger partial charge in [-0.2, -0.15) is 0 Å². The van der Waals surface area contributed by atoms with Crippen LogP contribution in [0.5, 0.6) is 0 Å². The normalized spacial score (nSPS) is 10.9. The smallest absolute Gasteiger partial charge is 0.323 e. The fourth-order valence-electron chi connectivity index (χ4n) is 1.34. The second-order valence-electron chi connectivity index (χ2n) is 3.08. The molecule has 0 radical (unpaired) electrons. The predicted octanol–water partition coefficient (Wildman–Crippen LogP) is 2.45. The van der Waals surface area contributed by atoms with Crippen LogP contribution in [0.15, 0.2) is 16.9 Å². The lowest BCUT2D eigenvalue weighted by atomic mass is 10.3. The van der Waals surface area contributed by atoms with Gasteiger partial charge in [-0.1, -0.05) is 34.5 Å². The average Bonchev–Trinajstić information content (AvgIpc) is 2.45. The molecule has 0 saturated heterocycles. The maximum Gasteiger partial charge on any atom is 0.323 e. The number of hydrogen-bond acceptors (Lipinski definition) is 3. The van der Waals surface area contributed by atoms with E-state index in [2.05, 4.69) is 0 Å². The highest BCUT2D eigenvalue weighted by Crippen LogP contribution is 2.29. The van der Waals surface area contributed by atoms with E-state index >= 15 is 0 Å². The van der Waals surface area contributed by atoms with Gasteiger partial charge >= 0.3 is 10.8 Å². The molecule has 0 amide bonds. The first kappa shape index (κ1) is 11.4. The SMILES string of the molecule is O=C(O)Cn1c(=O)sc2cc(Cl)c(Cl)cc21. The van der Waals surface area contributed by atoms with Crippen molar-refractivity contribution in [2.45, 2.75) is 6.54 Å². The summed E-state index contributed by atoms with van der Waals surface area (Å²) in [5, 5.41) is 9.32. The third-order valence-electron chi connectivity index (χ3n) is 2.00. The predicted molar refractivity (Wildman–Crippen MR) is 63.7 cm³/mol. The summed E-state index contributed by atoms with van der Waals surface area (Å²) < 4.78 is 1.78. The van der Waals surface area contributed by atoms with E-state index in [-0.39, 0.29) is 11.4 Å². The zero-order chi connectivity index (χ0) is 11.9. The first-order valence-corrected chi connectivity index (χ1v) is 5.76. The Hall–Kier alpha value is -1.04. The summed E-state index contributed by atoms with van der Waals surface area (Å²) in [5.41, 5.74) is 0.492. The Morgan fingerprint density at radius 1 is 1.38 bits per heavy atom. The van der Waals surface area contributed by atoms with Crippen molar-refractivity contribution >= 4 is 50.7 Å². The fourth-order valence-corrected chi connectivity index (χ4v) is 2.64. The molecule has 2 aromatic rings. The van der Waals surface area contributed by atoms with Crippen LogP contribution in [0.1, 0.15) is 0 Å². The van der Waals surface area contributed by atoms with Gasteiger partial charge in [-0.15, -0.1) is 0 Å². The molecule has 16 heavy (non-hydrogen) atoms. The second kappa shape index (κ2) is 4.08. The molecule has 0 aliphatic heterocycles. The third kappa shape index (κ3) is 1.93. The number of nitrogens with zero attached hydrogens (tertiary/aromatic N) is 1. The van der Waals surface area contributed by atoms with Gasteiger partial charge in [-0.25, -0.2) is 0 Å². The summed E-state index contributed by atoms with van der Waals surface area (Å²) in [4.78, 5) is 21.8. The van der Waals surface area contributed by atoms with Gasteiger partial charge in [0.1, 0.15) is 6.54 Å². The maximum absolute atomic E-state index is 11.5. The molecule has 0 spiro atoms. The van der Waals surface area contributed by atoms with E-state index < -0.39 is 5.97 Å². The van der Waals surface area contributed by atoms with E-state index in [1.54, 1.807) is 6.07 Å². The molecular weight excluding hydrogens is 273 g/mol. The standard InChI is InChI=1S/C9H5Cl2NO3S/c10-4-1-6-7(2-5(4)11)16-9(15)12(6)3-8(13)14/h1-2H,3H2,(H,13,14). The van der Waals surface area contributed by atoms with Crippen LogP contribution in [0.3, 0.4) is 0 Å². The van der Waals surface area contributed by atoms with Crippen LogP contribution in [0.2, 0.25) is 10.0 Å². The van der Waals surface area contributed by atoms with Crippen molar-refractivity contribution in [3.05, 3.63) is 31.8 Å². The van der Waals surface area contributed by atoms with E-state index in [1.807, 2.05) is 0 Å². The molecule has 4 nitrogen and oxygen atoms in total. The Morgan fingerprint density at radius 3 is 2.62 bits per heavy atom. The Kier molecular flexibility index (Phi) is 2.92. The van der Waals surface area contributed by atoms with Gasteiger partial charge in [-0.05, 0) is 12.1 Å². The largest absolute Gasteiger partial charge is 0.480 e. The molecular formula is C9H5Cl2NO3S. The van der Waals surface area contributed by atoms with E-state index in [0.29, 0.717) is 20.3 Å². The van der Waals surface area contributed by atoms with Crippen LogP contribution in [0.25, 0.3) is 10.2 Å². The molecule has 0 unspecified atom stereocenters. The van der Waals surface area contributed by atoms with Crippen molar-refractivity contribution in [2.75, 3.05) is 0 Å². The summed E-state index contributed by atoms with van der Waals surface area (Å²) in [6, 6.07) is 3.06. The van der Waals surface area contributed by atoms with Crippen LogP contribution in [0.4, 0.5) is 0 Å². The zero-order valence-corrected chi connectivity index (χ0v) is 10.1. The molecule has 2 rings (SSSR count). The first-order chi connectivity index (χ1) is 7.49. The molecule has 1 aromatic heterocycles. The summed E-state index contributed by atoms with van der Waals surface area (Å²) in [5.74, 6) is -1.08. The van der Waals surface area contributed by atoms with Crippen molar-refractivity contribution in [2.24, 2.45) is 0 Å². The quantitative estimate of drug-likeness (QED) is 0.917. The minimum Gasteiger partial charge on any atom is -0.480 e. The maximum atomic E-state index is 11.5. The zero-order valence-electron chi connectivity index (χ0n) is 7.74. The summed E-state index contributed by atoms with van der Waals surface area (Å²) in [7, 11) is 0. The van der Waals surface area contributed by atoms with Crippen molar-refractivity contribution < 1.29 is 9.90 Å². The average molecular weight is 278 g/mol. The number of aliphatic carboxylic acids is 1. The van der Waals surface area contributed by atoms with Crippen LogP contribution in [0, 0.1) is 0 Å². The number of rotatable bonds is 2. The number of benzene rings is 1. The lowest BCUT2D eigenvalue weighted by Crippen LogP contribution is -2.18. The van der Waals surface area contributed by atoms with Gasteiger partial charge in [0.2, 0.25) is 0 Å². The van der Waals surface area contributed by atoms with Crippen LogP contribution >= 0.6 is 34.5 Å². The summed E-state index contributed by atoms with van der Waals surface area (Å²) >= 11 is 12.6. The number of fused-ring (bicyclic) bond motifs is 1. The number of carboxylic acids is 1. The van der Waals surface area contributed by atoms with Gasteiger partial charge in [0.15, 0.2) is 0 Å². The lowest BCUT2D eigenvalue weighted by molar-refractivity contribution is -0.137. The second-order valence-corrected chi connectivity index (χ2v) is 4.89. The Bertz CT molecular complexity index is 631. The highest BCUT2D eigenvalue weighted by atomic mass is 35.5. The Morgan fingerprint density at radius 2 is 2.00 bits per heavy atom. The number of carboxylic acid groups (broad SMARTS) is 1. The Balaban J connectivity index is 2.74. The number of aromatic nitrogens is 1. The number of hydrogen-bond donors (Lipinski definition) is 1. The molecule has 1 N–H and O–H groups in total. The molecule has 7 heteroatoms. The topological polar surface area (TPSA) is 59.3 Å². The highest BCUT2D eigenvalue weighted by Gasteiger charge is 2.12. The van der Waals surface area contributed by atoms with Crippen LogP contribution in [-0.2, 0) is 11.3 Å². The number of halogens is 2. The minimum absolute atomic E-state index is 0.297. The summed E-state index contributed by atoms with van der Waals surface area (Å²) in [6.45, 7) is -0.378. The molecule has 0 aliphatic carbocycles. The highest BCUT2D eigenvalue weighted by molar-refractivity contribution is 7.16. The van der Waals surface area contributed by atoms with Crippen LogP contribution < -0.4 is 4.87 Å². The molecule has 0 saturated carbocycles. The van der Waals surface area contributed by atoms with E-state index in [1.165, 1.54) is 6.07 Å². The van der Waals surface area contributed by atoms with Gasteiger partial charge < -0.3 is 5.11 Å². The van der Waals surface area contributed by atoms with E-state index in [0.717, 1.165) is 15.9 Å². The van der Waals surface area contributed by atoms with Gasteiger partial charge in [0, 0.05) is 0 Å². The number of thiazole rings is 1. The van der Waals surface area contributed by atoms with Gasteiger partial charge in [0.25, 0.3) is 0 Å². The Labute approximate surface area is 104 Å². The molecule has 0 aliphatic rings. The lowest BCUT2D eigenvalue weighted by Gasteiger charge is -2.00. The molecule has 1 heterocycles. The number of carbonyl (C=O) groups is 1. The van der Waals surface area contributed by atoms with Crippen LogP contribution in [-0.4, -0.2) is 15.6 Å². The van der Waals surface area contributed by atoms with E-state index in [4.69, 9.17) is 28.3 Å². The molecule has 0 fully saturated rings. The van der Waals surface area contributed by atoms with Crippen molar-refractivity contribution in [3.8, 4) is 0 Å². The molecule has 0 bridgehead atoms. The molecule has 0 atom stereocenters. The van der Waals surface area contributed by atoms with Gasteiger partial charge in [-0.3, -0.25) is 14.2 Å². The van der Waals surface area contributed by atoms with Gasteiger partial charge in [0.05, 0.1) is 20.3 Å². The van der Waals surface area contributed by atoms with E-state index in [9.17, 15) is 9.59 Å². The monoisotopic (exact) mass is 277 g/mol. The first-order valence-electron chi connectivity index (χ1n) is 4.19. The third-order valence-corrected chi connectivity index (χ3v) is 3.67. The van der Waals surface area contributed by atoms with Crippen molar-refractivity contribution in [1.29, 1.82) is 0 Å². The van der Waals surface area contributed by atoms with Crippen molar-refractivity contribution in [1.82, 2.24) is 4.57 Å². The fraction of sp³-hybridized carbons (Fsp3) is 0.111. The van der Waals surface area contributed by atoms with Crippen molar-refractivity contribution in [3.63, 3.8) is 0 Å². The summed E-state index contributed by atoms with van der Waals surface area (Å²) in [6.07, 6.45) is 0. The molecule has 1 aromatic carbocycles. The molecule has 84 valence electrons.